The van der Waals surface area contributed by atoms with Gasteiger partial charge in [0.05, 0.1) is 6.61 Å². The number of rotatable bonds is 4. The molecule has 1 aromatic carbocycles. The number of benzene rings is 1. The Morgan fingerprint density at radius 3 is 2.71 bits per heavy atom. The van der Waals surface area contributed by atoms with Crippen LogP contribution in [0.2, 0.25) is 0 Å². The van der Waals surface area contributed by atoms with Crippen LogP contribution in [0, 0.1) is 5.82 Å². The van der Waals surface area contributed by atoms with Crippen molar-refractivity contribution in [2.45, 2.75) is 31.3 Å². The quantitative estimate of drug-likeness (QED) is 0.666. The van der Waals surface area contributed by atoms with Crippen molar-refractivity contribution in [3.05, 3.63) is 24.0 Å². The summed E-state index contributed by atoms with van der Waals surface area (Å²) in [5.41, 5.74) is -1.24. The van der Waals surface area contributed by atoms with Gasteiger partial charge in [0.15, 0.2) is 17.2 Å². The topological polar surface area (TPSA) is 35.5 Å². The molecule has 0 radical (unpaired) electrons. The number of carbonyl (C=O) groups is 1. The molecule has 0 atom stereocenters. The molecule has 0 spiro atoms. The highest BCUT2D eigenvalue weighted by Gasteiger charge is 2.32. The van der Waals surface area contributed by atoms with E-state index in [0.29, 0.717) is 4.90 Å². The summed E-state index contributed by atoms with van der Waals surface area (Å²) in [6.07, 6.45) is 0. The summed E-state index contributed by atoms with van der Waals surface area (Å²) in [5, 5.41) is 0. The van der Waals surface area contributed by atoms with Gasteiger partial charge in [-0.3, -0.25) is 0 Å². The maximum absolute atomic E-state index is 13.4. The van der Waals surface area contributed by atoms with Crippen LogP contribution in [0.4, 0.5) is 4.39 Å². The van der Waals surface area contributed by atoms with Crippen molar-refractivity contribution >= 4 is 18.6 Å². The summed E-state index contributed by atoms with van der Waals surface area (Å²) >= 11 is 4.08. The molecular weight excluding hydrogens is 243 g/mol. The summed E-state index contributed by atoms with van der Waals surface area (Å²) in [6, 6.07) is 4.15. The maximum atomic E-state index is 13.4. The number of hydrogen-bond donors (Lipinski definition) is 1. The van der Waals surface area contributed by atoms with Gasteiger partial charge >= 0.3 is 5.97 Å². The minimum atomic E-state index is -1.24. The molecule has 0 saturated carbocycles. The summed E-state index contributed by atoms with van der Waals surface area (Å²) in [7, 11) is 0. The fourth-order valence-corrected chi connectivity index (χ4v) is 1.38. The van der Waals surface area contributed by atoms with Crippen molar-refractivity contribution in [1.29, 1.82) is 0 Å². The first kappa shape index (κ1) is 13.8. The van der Waals surface area contributed by atoms with E-state index < -0.39 is 17.4 Å². The van der Waals surface area contributed by atoms with E-state index in [0.717, 1.165) is 0 Å². The van der Waals surface area contributed by atoms with Crippen molar-refractivity contribution < 1.29 is 18.7 Å². The number of ether oxygens (including phenoxy) is 2. The third-order valence-electron chi connectivity index (χ3n) is 2.05. The highest BCUT2D eigenvalue weighted by molar-refractivity contribution is 7.80. The van der Waals surface area contributed by atoms with Crippen molar-refractivity contribution in [3.8, 4) is 5.75 Å². The first-order valence-electron chi connectivity index (χ1n) is 5.21. The van der Waals surface area contributed by atoms with E-state index in [4.69, 9.17) is 9.47 Å². The number of hydrogen-bond acceptors (Lipinski definition) is 4. The number of esters is 1. The normalized spacial score (nSPS) is 11.1. The molecule has 0 aromatic heterocycles. The molecule has 0 aliphatic heterocycles. The zero-order valence-electron chi connectivity index (χ0n) is 9.99. The lowest BCUT2D eigenvalue weighted by Gasteiger charge is -2.24. The molecular formula is C12H15FO3S. The predicted octanol–water partition coefficient (Wildman–Crippen LogP) is 2.83. The molecule has 0 aliphatic carbocycles. The van der Waals surface area contributed by atoms with Crippen LogP contribution in [-0.4, -0.2) is 18.2 Å². The fraction of sp³-hybridized carbons (Fsp3) is 0.417. The van der Waals surface area contributed by atoms with E-state index in [-0.39, 0.29) is 12.4 Å². The van der Waals surface area contributed by atoms with Gasteiger partial charge in [-0.05, 0) is 39.0 Å². The van der Waals surface area contributed by atoms with Crippen molar-refractivity contribution in [2.24, 2.45) is 0 Å². The average Bonchev–Trinajstić information content (AvgIpc) is 2.23. The van der Waals surface area contributed by atoms with Gasteiger partial charge in [0.2, 0.25) is 0 Å². The van der Waals surface area contributed by atoms with Crippen LogP contribution in [0.15, 0.2) is 23.1 Å². The molecule has 0 heterocycles. The molecule has 5 heteroatoms. The second-order valence-corrected chi connectivity index (χ2v) is 4.46. The Labute approximate surface area is 105 Å². The molecule has 1 aromatic rings. The maximum Gasteiger partial charge on any atom is 0.349 e. The smallest absolute Gasteiger partial charge is 0.349 e. The standard InChI is InChI=1S/C12H15FO3S/c1-4-15-11(14)12(2,3)16-10-7-8(17)5-6-9(10)13/h5-7,17H,4H2,1-3H3. The van der Waals surface area contributed by atoms with Gasteiger partial charge in [-0.1, -0.05) is 0 Å². The number of carbonyl (C=O) groups excluding carboxylic acids is 1. The van der Waals surface area contributed by atoms with Gasteiger partial charge in [-0.2, -0.15) is 0 Å². The lowest BCUT2D eigenvalue weighted by atomic mass is 10.1. The highest BCUT2D eigenvalue weighted by Crippen LogP contribution is 2.25. The van der Waals surface area contributed by atoms with Crippen LogP contribution in [0.3, 0.4) is 0 Å². The van der Waals surface area contributed by atoms with Crippen LogP contribution in [0.1, 0.15) is 20.8 Å². The third-order valence-corrected chi connectivity index (χ3v) is 2.33. The highest BCUT2D eigenvalue weighted by atomic mass is 32.1. The Balaban J connectivity index is 2.89. The van der Waals surface area contributed by atoms with Gasteiger partial charge in [-0.25, -0.2) is 9.18 Å². The van der Waals surface area contributed by atoms with E-state index in [1.54, 1.807) is 6.92 Å². The minimum Gasteiger partial charge on any atom is -0.473 e. The van der Waals surface area contributed by atoms with Crippen molar-refractivity contribution in [1.82, 2.24) is 0 Å². The Morgan fingerprint density at radius 2 is 2.12 bits per heavy atom. The monoisotopic (exact) mass is 258 g/mol. The molecule has 0 unspecified atom stereocenters. The number of thiol groups is 1. The van der Waals surface area contributed by atoms with E-state index in [1.807, 2.05) is 0 Å². The van der Waals surface area contributed by atoms with Crippen LogP contribution in [-0.2, 0) is 9.53 Å². The van der Waals surface area contributed by atoms with E-state index >= 15 is 0 Å². The van der Waals surface area contributed by atoms with E-state index in [1.165, 1.54) is 32.0 Å². The van der Waals surface area contributed by atoms with Gasteiger partial charge in [0.25, 0.3) is 0 Å². The Morgan fingerprint density at radius 1 is 1.47 bits per heavy atom. The summed E-state index contributed by atoms with van der Waals surface area (Å²) < 4.78 is 23.6. The molecule has 0 N–H and O–H groups in total. The minimum absolute atomic E-state index is 0.0180. The van der Waals surface area contributed by atoms with Crippen LogP contribution < -0.4 is 4.74 Å². The summed E-state index contributed by atoms with van der Waals surface area (Å²) in [5.74, 6) is -1.10. The third kappa shape index (κ3) is 3.63. The Bertz CT molecular complexity index is 418. The van der Waals surface area contributed by atoms with Crippen LogP contribution >= 0.6 is 12.6 Å². The molecule has 3 nitrogen and oxygen atoms in total. The molecule has 1 rings (SSSR count). The van der Waals surface area contributed by atoms with E-state index in [2.05, 4.69) is 12.6 Å². The fourth-order valence-electron chi connectivity index (χ4n) is 1.19. The zero-order chi connectivity index (χ0) is 13.1. The van der Waals surface area contributed by atoms with E-state index in [9.17, 15) is 9.18 Å². The van der Waals surface area contributed by atoms with Gasteiger partial charge in [0.1, 0.15) is 0 Å². The van der Waals surface area contributed by atoms with Crippen molar-refractivity contribution in [3.63, 3.8) is 0 Å². The summed E-state index contributed by atoms with van der Waals surface area (Å²) in [6.45, 7) is 4.99. The SMILES string of the molecule is CCOC(=O)C(C)(C)Oc1cc(S)ccc1F. The molecule has 0 saturated heterocycles. The molecule has 0 fully saturated rings. The largest absolute Gasteiger partial charge is 0.473 e. The van der Waals surface area contributed by atoms with Crippen LogP contribution in [0.25, 0.3) is 0 Å². The second-order valence-electron chi connectivity index (χ2n) is 3.95. The Hall–Kier alpha value is -1.23. The zero-order valence-corrected chi connectivity index (χ0v) is 10.9. The number of halogens is 1. The lowest BCUT2D eigenvalue weighted by Crippen LogP contribution is -2.40. The van der Waals surface area contributed by atoms with Gasteiger partial charge < -0.3 is 9.47 Å². The van der Waals surface area contributed by atoms with Gasteiger partial charge in [0, 0.05) is 4.90 Å². The predicted molar refractivity (Wildman–Crippen MR) is 65.0 cm³/mol. The Kier molecular flexibility index (Phi) is 4.40. The molecule has 17 heavy (non-hydrogen) atoms. The molecule has 0 bridgehead atoms. The summed E-state index contributed by atoms with van der Waals surface area (Å²) in [4.78, 5) is 12.1. The molecule has 0 amide bonds. The molecule has 94 valence electrons. The second kappa shape index (κ2) is 5.40. The first-order chi connectivity index (χ1) is 7.86. The molecule has 0 aliphatic rings. The first-order valence-corrected chi connectivity index (χ1v) is 5.66. The van der Waals surface area contributed by atoms with Crippen LogP contribution in [0.5, 0.6) is 5.75 Å². The van der Waals surface area contributed by atoms with Crippen molar-refractivity contribution in [2.75, 3.05) is 6.61 Å². The van der Waals surface area contributed by atoms with Gasteiger partial charge in [-0.15, -0.1) is 12.6 Å². The average molecular weight is 258 g/mol. The lowest BCUT2D eigenvalue weighted by molar-refractivity contribution is -0.158.